The van der Waals surface area contributed by atoms with Crippen LogP contribution in [0.5, 0.6) is 0 Å². The van der Waals surface area contributed by atoms with Crippen LogP contribution in [0, 0.1) is 0 Å². The number of esters is 1. The number of hydrogen-bond donors (Lipinski definition) is 1. The van der Waals surface area contributed by atoms with Gasteiger partial charge in [-0.3, -0.25) is 4.79 Å². The van der Waals surface area contributed by atoms with Crippen molar-refractivity contribution in [1.82, 2.24) is 0 Å². The van der Waals surface area contributed by atoms with Gasteiger partial charge >= 0.3 is 5.97 Å². The van der Waals surface area contributed by atoms with E-state index in [1.807, 2.05) is 54.8 Å². The third-order valence-electron chi connectivity index (χ3n) is 4.48. The summed E-state index contributed by atoms with van der Waals surface area (Å²) in [7, 11) is 0. The largest absolute Gasteiger partial charge is 0.462 e. The molecule has 2 heterocycles. The van der Waals surface area contributed by atoms with E-state index >= 15 is 0 Å². The van der Waals surface area contributed by atoms with E-state index in [-0.39, 0.29) is 5.76 Å². The van der Waals surface area contributed by atoms with E-state index in [9.17, 15) is 9.59 Å². The lowest BCUT2D eigenvalue weighted by Crippen LogP contribution is -2.14. The van der Waals surface area contributed by atoms with Gasteiger partial charge in [0.15, 0.2) is 5.76 Å². The minimum atomic E-state index is -0.453. The number of furan rings is 1. The molecular formula is C23H19NO4S. The highest BCUT2D eigenvalue weighted by Gasteiger charge is 2.24. The van der Waals surface area contributed by atoms with Crippen molar-refractivity contribution in [1.29, 1.82) is 0 Å². The maximum atomic E-state index is 12.9. The molecule has 29 heavy (non-hydrogen) atoms. The van der Waals surface area contributed by atoms with E-state index in [0.717, 1.165) is 21.9 Å². The van der Waals surface area contributed by atoms with Gasteiger partial charge in [0, 0.05) is 10.9 Å². The molecule has 4 aromatic rings. The second-order valence-corrected chi connectivity index (χ2v) is 7.33. The molecule has 0 unspecified atom stereocenters. The Morgan fingerprint density at radius 3 is 2.66 bits per heavy atom. The molecule has 0 radical (unpaired) electrons. The Labute approximate surface area is 171 Å². The van der Waals surface area contributed by atoms with Crippen LogP contribution in [0.25, 0.3) is 21.9 Å². The molecule has 0 bridgehead atoms. The fourth-order valence-electron chi connectivity index (χ4n) is 3.15. The average Bonchev–Trinajstić information content (AvgIpc) is 3.42. The van der Waals surface area contributed by atoms with E-state index in [2.05, 4.69) is 5.32 Å². The predicted molar refractivity (Wildman–Crippen MR) is 114 cm³/mol. The molecule has 4 rings (SSSR count). The Balaban J connectivity index is 1.80. The first-order valence-corrected chi connectivity index (χ1v) is 10.2. The number of rotatable bonds is 6. The Hall–Kier alpha value is -3.38. The average molecular weight is 405 g/mol. The second-order valence-electron chi connectivity index (χ2n) is 6.45. The van der Waals surface area contributed by atoms with Crippen molar-refractivity contribution in [3.8, 4) is 11.1 Å². The van der Waals surface area contributed by atoms with Crippen LogP contribution >= 0.6 is 11.3 Å². The van der Waals surface area contributed by atoms with Crippen molar-refractivity contribution < 1.29 is 18.7 Å². The maximum absolute atomic E-state index is 12.9. The number of anilines is 1. The maximum Gasteiger partial charge on any atom is 0.341 e. The molecule has 146 valence electrons. The smallest absolute Gasteiger partial charge is 0.341 e. The first-order valence-electron chi connectivity index (χ1n) is 9.30. The third-order valence-corrected chi connectivity index (χ3v) is 5.38. The van der Waals surface area contributed by atoms with Crippen molar-refractivity contribution in [2.45, 2.75) is 13.3 Å². The molecule has 0 atom stereocenters. The van der Waals surface area contributed by atoms with Crippen molar-refractivity contribution in [3.63, 3.8) is 0 Å². The Morgan fingerprint density at radius 1 is 1.03 bits per heavy atom. The number of ether oxygens (including phenoxy) is 1. The lowest BCUT2D eigenvalue weighted by atomic mass is 9.97. The van der Waals surface area contributed by atoms with E-state index in [0.29, 0.717) is 23.6 Å². The van der Waals surface area contributed by atoms with Crippen molar-refractivity contribution >= 4 is 39.0 Å². The van der Waals surface area contributed by atoms with Gasteiger partial charge in [0.25, 0.3) is 5.91 Å². The molecule has 5 nitrogen and oxygen atoms in total. The summed E-state index contributed by atoms with van der Waals surface area (Å²) in [5.74, 6) is -0.686. The first-order chi connectivity index (χ1) is 14.2. The number of hydrogen-bond acceptors (Lipinski definition) is 5. The van der Waals surface area contributed by atoms with Gasteiger partial charge in [0.05, 0.1) is 12.9 Å². The lowest BCUT2D eigenvalue weighted by Gasteiger charge is -2.10. The fourth-order valence-corrected chi connectivity index (χ4v) is 4.09. The highest BCUT2D eigenvalue weighted by atomic mass is 32.1. The van der Waals surface area contributed by atoms with Crippen LogP contribution in [-0.2, 0) is 4.74 Å². The molecule has 0 fully saturated rings. The molecule has 1 N–H and O–H groups in total. The third kappa shape index (κ3) is 3.79. The van der Waals surface area contributed by atoms with Crippen molar-refractivity contribution in [2.75, 3.05) is 11.9 Å². The minimum Gasteiger partial charge on any atom is -0.462 e. The molecular weight excluding hydrogens is 386 g/mol. The molecule has 0 aliphatic rings. The fraction of sp³-hybridized carbons (Fsp3) is 0.130. The molecule has 0 saturated heterocycles. The molecule has 1 amide bonds. The van der Waals surface area contributed by atoms with Gasteiger partial charge in [0.1, 0.15) is 10.6 Å². The number of carbonyl (C=O) groups is 2. The van der Waals surface area contributed by atoms with Crippen molar-refractivity contribution in [2.24, 2.45) is 0 Å². The Bertz CT molecular complexity index is 1160. The number of thiophene rings is 1. The number of amides is 1. The van der Waals surface area contributed by atoms with Gasteiger partial charge in [-0.15, -0.1) is 11.3 Å². The van der Waals surface area contributed by atoms with E-state index < -0.39 is 11.9 Å². The van der Waals surface area contributed by atoms with Crippen LogP contribution in [0.1, 0.15) is 34.3 Å². The monoisotopic (exact) mass is 405 g/mol. The SMILES string of the molecule is CCCOC(=O)c1c(-c2cccc3ccccc23)csc1NC(=O)c1ccco1. The summed E-state index contributed by atoms with van der Waals surface area (Å²) < 4.78 is 10.6. The first kappa shape index (κ1) is 19.0. The van der Waals surface area contributed by atoms with E-state index in [4.69, 9.17) is 9.15 Å². The van der Waals surface area contributed by atoms with Gasteiger partial charge in [-0.05, 0) is 34.9 Å². The summed E-state index contributed by atoms with van der Waals surface area (Å²) in [5.41, 5.74) is 2.02. The predicted octanol–water partition coefficient (Wildman–Crippen LogP) is 5.98. The number of carbonyl (C=O) groups excluding carboxylic acids is 2. The quantitative estimate of drug-likeness (QED) is 0.401. The Morgan fingerprint density at radius 2 is 1.86 bits per heavy atom. The van der Waals surface area contributed by atoms with Gasteiger partial charge in [-0.2, -0.15) is 0 Å². The number of fused-ring (bicyclic) bond motifs is 1. The van der Waals surface area contributed by atoms with Gasteiger partial charge in [-0.1, -0.05) is 49.4 Å². The summed E-state index contributed by atoms with van der Waals surface area (Å²) in [6.45, 7) is 2.25. The molecule has 0 aliphatic carbocycles. The minimum absolute atomic E-state index is 0.179. The zero-order valence-electron chi connectivity index (χ0n) is 15.8. The summed E-state index contributed by atoms with van der Waals surface area (Å²) in [6.07, 6.45) is 2.15. The summed E-state index contributed by atoms with van der Waals surface area (Å²) in [5, 5.41) is 7.21. The van der Waals surface area contributed by atoms with Gasteiger partial charge < -0.3 is 14.5 Å². The van der Waals surface area contributed by atoms with Crippen LogP contribution in [0.4, 0.5) is 5.00 Å². The second kappa shape index (κ2) is 8.32. The Kier molecular flexibility index (Phi) is 5.44. The van der Waals surface area contributed by atoms with Crippen LogP contribution in [0.15, 0.2) is 70.7 Å². The summed E-state index contributed by atoms with van der Waals surface area (Å²) in [6, 6.07) is 17.2. The molecule has 6 heteroatoms. The van der Waals surface area contributed by atoms with Crippen molar-refractivity contribution in [3.05, 3.63) is 77.6 Å². The highest BCUT2D eigenvalue weighted by molar-refractivity contribution is 7.15. The number of benzene rings is 2. The van der Waals surface area contributed by atoms with Gasteiger partial charge in [0.2, 0.25) is 0 Å². The van der Waals surface area contributed by atoms with E-state index in [1.54, 1.807) is 12.1 Å². The molecule has 2 aromatic carbocycles. The van der Waals surface area contributed by atoms with E-state index in [1.165, 1.54) is 17.6 Å². The van der Waals surface area contributed by atoms with Crippen LogP contribution in [0.2, 0.25) is 0 Å². The molecule has 0 saturated carbocycles. The number of nitrogens with one attached hydrogen (secondary N) is 1. The normalized spacial score (nSPS) is 10.8. The standard InChI is InChI=1S/C23H19NO4S/c1-2-12-28-23(26)20-18(17-10-5-8-15-7-3-4-9-16(15)17)14-29-22(20)24-21(25)19-11-6-13-27-19/h3-11,13-14H,2,12H2,1H3,(H,24,25). The summed E-state index contributed by atoms with van der Waals surface area (Å²) in [4.78, 5) is 25.4. The van der Waals surface area contributed by atoms with Gasteiger partial charge in [-0.25, -0.2) is 4.79 Å². The van der Waals surface area contributed by atoms with Crippen LogP contribution < -0.4 is 5.32 Å². The molecule has 2 aromatic heterocycles. The highest BCUT2D eigenvalue weighted by Crippen LogP contribution is 2.39. The molecule has 0 spiro atoms. The zero-order chi connectivity index (χ0) is 20.2. The van der Waals surface area contributed by atoms with Crippen LogP contribution in [0.3, 0.4) is 0 Å². The molecule has 0 aliphatic heterocycles. The topological polar surface area (TPSA) is 68.5 Å². The van der Waals surface area contributed by atoms with Crippen LogP contribution in [-0.4, -0.2) is 18.5 Å². The summed E-state index contributed by atoms with van der Waals surface area (Å²) >= 11 is 1.29. The zero-order valence-corrected chi connectivity index (χ0v) is 16.6. The lowest BCUT2D eigenvalue weighted by molar-refractivity contribution is 0.0508.